The third-order valence-corrected chi connectivity index (χ3v) is 6.17. The summed E-state index contributed by atoms with van der Waals surface area (Å²) in [6, 6.07) is 10.5. The van der Waals surface area contributed by atoms with Crippen molar-refractivity contribution in [1.29, 1.82) is 10.5 Å². The summed E-state index contributed by atoms with van der Waals surface area (Å²) in [5, 5.41) is 19.2. The van der Waals surface area contributed by atoms with E-state index in [9.17, 15) is 10.5 Å². The number of aryl methyl sites for hydroxylation is 1. The van der Waals surface area contributed by atoms with E-state index in [1.165, 1.54) is 0 Å². The lowest BCUT2D eigenvalue weighted by molar-refractivity contribution is 0.0663. The van der Waals surface area contributed by atoms with Crippen LogP contribution in [0.25, 0.3) is 0 Å². The van der Waals surface area contributed by atoms with Crippen LogP contribution in [-0.2, 0) is 16.6 Å². The Labute approximate surface area is 175 Å². The van der Waals surface area contributed by atoms with Gasteiger partial charge >= 0.3 is 0 Å². The molecule has 1 atom stereocenters. The van der Waals surface area contributed by atoms with Gasteiger partial charge in [0.2, 0.25) is 0 Å². The number of pyridine rings is 2. The van der Waals surface area contributed by atoms with Crippen LogP contribution in [0, 0.1) is 22.7 Å². The minimum atomic E-state index is -0.575. The summed E-state index contributed by atoms with van der Waals surface area (Å²) >= 11 is 7.04. The van der Waals surface area contributed by atoms with Crippen molar-refractivity contribution in [2.24, 2.45) is 0 Å². The Balaban J connectivity index is 1.75. The number of hydrogen-bond acceptors (Lipinski definition) is 5. The molecule has 0 N–H and O–H groups in total. The molecule has 0 bridgehead atoms. The first kappa shape index (κ1) is 19.9. The summed E-state index contributed by atoms with van der Waals surface area (Å²) in [5.74, 6) is -0.282. The molecule has 1 unspecified atom stereocenters. The van der Waals surface area contributed by atoms with Gasteiger partial charge in [0, 0.05) is 34.6 Å². The Morgan fingerprint density at radius 3 is 2.59 bits per heavy atom. The monoisotopic (exact) mass is 488 g/mol. The molecule has 1 saturated heterocycles. The van der Waals surface area contributed by atoms with Gasteiger partial charge in [0.1, 0.15) is 5.41 Å². The van der Waals surface area contributed by atoms with Gasteiger partial charge in [0.25, 0.3) is 0 Å². The number of aromatic nitrogens is 2. The molecule has 2 aromatic heterocycles. The van der Waals surface area contributed by atoms with E-state index in [4.69, 9.17) is 4.74 Å². The molecule has 27 heavy (non-hydrogen) atoms. The van der Waals surface area contributed by atoms with Crippen molar-refractivity contribution in [3.05, 3.63) is 56.5 Å². The topological polar surface area (TPSA) is 82.6 Å². The van der Waals surface area contributed by atoms with E-state index in [2.05, 4.69) is 54.0 Å². The standard InChI is InChI=1S/C20H18Br2N4O/c21-16-3-6-25-18(9-16)14(11-23)1-2-15-12-26-19(10-17(15)22)20(13-24)4-7-27-8-5-20/h3,6,9-10,12,14H,1-2,4-5,7-8H2. The zero-order valence-electron chi connectivity index (χ0n) is 14.7. The van der Waals surface area contributed by atoms with Gasteiger partial charge in [0.15, 0.2) is 0 Å². The molecular weight excluding hydrogens is 472 g/mol. The van der Waals surface area contributed by atoms with Crippen LogP contribution in [0.5, 0.6) is 0 Å². The van der Waals surface area contributed by atoms with Crippen LogP contribution in [-0.4, -0.2) is 23.2 Å². The van der Waals surface area contributed by atoms with Crippen molar-refractivity contribution in [3.63, 3.8) is 0 Å². The minimum absolute atomic E-state index is 0.282. The highest BCUT2D eigenvalue weighted by molar-refractivity contribution is 9.10. The molecule has 138 valence electrons. The van der Waals surface area contributed by atoms with Crippen LogP contribution in [0.2, 0.25) is 0 Å². The summed E-state index contributed by atoms with van der Waals surface area (Å²) in [6.07, 6.45) is 6.18. The van der Waals surface area contributed by atoms with E-state index >= 15 is 0 Å². The third kappa shape index (κ3) is 4.55. The van der Waals surface area contributed by atoms with Crippen LogP contribution >= 0.6 is 31.9 Å². The molecule has 2 aromatic rings. The molecule has 1 aliphatic rings. The highest BCUT2D eigenvalue weighted by Crippen LogP contribution is 2.35. The van der Waals surface area contributed by atoms with Gasteiger partial charge in [-0.2, -0.15) is 10.5 Å². The van der Waals surface area contributed by atoms with E-state index in [-0.39, 0.29) is 5.92 Å². The highest BCUT2D eigenvalue weighted by Gasteiger charge is 2.36. The molecule has 7 heteroatoms. The van der Waals surface area contributed by atoms with Crippen LogP contribution in [0.4, 0.5) is 0 Å². The van der Waals surface area contributed by atoms with Gasteiger partial charge in [0.05, 0.1) is 29.4 Å². The summed E-state index contributed by atoms with van der Waals surface area (Å²) in [7, 11) is 0. The fourth-order valence-corrected chi connectivity index (χ4v) is 4.11. The molecule has 0 saturated carbocycles. The second-order valence-electron chi connectivity index (χ2n) is 6.59. The number of nitriles is 2. The number of nitrogens with zero attached hydrogens (tertiary/aromatic N) is 4. The van der Waals surface area contributed by atoms with Gasteiger partial charge in [-0.25, -0.2) is 0 Å². The van der Waals surface area contributed by atoms with Crippen LogP contribution < -0.4 is 0 Å². The molecule has 3 rings (SSSR count). The summed E-state index contributed by atoms with van der Waals surface area (Å²) in [6.45, 7) is 1.16. The van der Waals surface area contributed by atoms with Crippen molar-refractivity contribution in [1.82, 2.24) is 9.97 Å². The van der Waals surface area contributed by atoms with Gasteiger partial charge < -0.3 is 4.74 Å². The maximum absolute atomic E-state index is 9.70. The van der Waals surface area contributed by atoms with Crippen LogP contribution in [0.15, 0.2) is 39.5 Å². The SMILES string of the molecule is N#CC(CCc1cnc(C2(C#N)CCOCC2)cc1Br)c1cc(Br)ccn1. The molecule has 0 radical (unpaired) electrons. The molecule has 0 aromatic carbocycles. The molecular formula is C20H18Br2N4O. The summed E-state index contributed by atoms with van der Waals surface area (Å²) in [4.78, 5) is 8.90. The van der Waals surface area contributed by atoms with Crippen molar-refractivity contribution in [2.45, 2.75) is 37.0 Å². The predicted molar refractivity (Wildman–Crippen MR) is 108 cm³/mol. The summed E-state index contributed by atoms with van der Waals surface area (Å²) in [5.41, 5.74) is 2.00. The number of ether oxygens (including phenoxy) is 1. The zero-order chi connectivity index (χ0) is 19.3. The minimum Gasteiger partial charge on any atom is -0.381 e. The lowest BCUT2D eigenvalue weighted by atomic mass is 9.78. The van der Waals surface area contributed by atoms with E-state index < -0.39 is 5.41 Å². The lowest BCUT2D eigenvalue weighted by Crippen LogP contribution is -2.33. The first-order chi connectivity index (χ1) is 13.1. The second kappa shape index (κ2) is 8.93. The number of rotatable bonds is 5. The first-order valence-electron chi connectivity index (χ1n) is 8.73. The largest absolute Gasteiger partial charge is 0.381 e. The average Bonchev–Trinajstić information content (AvgIpc) is 2.70. The van der Waals surface area contributed by atoms with E-state index in [1.54, 1.807) is 6.20 Å². The zero-order valence-corrected chi connectivity index (χ0v) is 17.8. The van der Waals surface area contributed by atoms with Gasteiger partial charge in [-0.1, -0.05) is 31.9 Å². The Morgan fingerprint density at radius 2 is 1.96 bits per heavy atom. The Hall–Kier alpha value is -1.80. The molecule has 1 fully saturated rings. The Kier molecular flexibility index (Phi) is 6.59. The number of hydrogen-bond donors (Lipinski definition) is 0. The smallest absolute Gasteiger partial charge is 0.104 e. The van der Waals surface area contributed by atoms with Gasteiger partial charge in [-0.05, 0) is 49.4 Å². The highest BCUT2D eigenvalue weighted by atomic mass is 79.9. The van der Waals surface area contributed by atoms with Gasteiger partial charge in [-0.3, -0.25) is 9.97 Å². The maximum atomic E-state index is 9.70. The third-order valence-electron chi connectivity index (χ3n) is 4.94. The molecule has 5 nitrogen and oxygen atoms in total. The van der Waals surface area contributed by atoms with Gasteiger partial charge in [-0.15, -0.1) is 0 Å². The molecule has 0 amide bonds. The van der Waals surface area contributed by atoms with Crippen LogP contribution in [0.3, 0.4) is 0 Å². The quantitative estimate of drug-likeness (QED) is 0.601. The van der Waals surface area contributed by atoms with Crippen molar-refractivity contribution in [2.75, 3.05) is 13.2 Å². The maximum Gasteiger partial charge on any atom is 0.104 e. The summed E-state index contributed by atoms with van der Waals surface area (Å²) < 4.78 is 7.24. The Morgan fingerprint density at radius 1 is 1.19 bits per heavy atom. The normalized spacial score (nSPS) is 16.9. The van der Waals surface area contributed by atoms with E-state index in [1.807, 2.05) is 24.4 Å². The number of halogens is 2. The van der Waals surface area contributed by atoms with Crippen LogP contribution in [0.1, 0.15) is 42.1 Å². The fraction of sp³-hybridized carbons (Fsp3) is 0.400. The van der Waals surface area contributed by atoms with Crippen molar-refractivity contribution >= 4 is 31.9 Å². The lowest BCUT2D eigenvalue weighted by Gasteiger charge is -2.30. The van der Waals surface area contributed by atoms with Crippen molar-refractivity contribution < 1.29 is 4.74 Å². The second-order valence-corrected chi connectivity index (χ2v) is 8.36. The molecule has 0 spiro atoms. The van der Waals surface area contributed by atoms with E-state index in [0.717, 1.165) is 25.9 Å². The van der Waals surface area contributed by atoms with E-state index in [0.29, 0.717) is 38.9 Å². The van der Waals surface area contributed by atoms with Crippen molar-refractivity contribution in [3.8, 4) is 12.1 Å². The Bertz CT molecular complexity index is 898. The first-order valence-corrected chi connectivity index (χ1v) is 10.3. The fourth-order valence-electron chi connectivity index (χ4n) is 3.24. The average molecular weight is 490 g/mol. The molecule has 1 aliphatic heterocycles. The molecule has 3 heterocycles. The predicted octanol–water partition coefficient (Wildman–Crippen LogP) is 4.81. The molecule has 0 aliphatic carbocycles.